The lowest BCUT2D eigenvalue weighted by Gasteiger charge is -2.49. The molecule has 0 atom stereocenters. The summed E-state index contributed by atoms with van der Waals surface area (Å²) in [6, 6.07) is 11.0. The molecule has 29 heavy (non-hydrogen) atoms. The second kappa shape index (κ2) is 8.03. The fraction of sp³-hybridized carbons (Fsp3) is 0.720. The minimum atomic E-state index is -0.00108. The van der Waals surface area contributed by atoms with Crippen LogP contribution in [0.25, 0.3) is 0 Å². The van der Waals surface area contributed by atoms with Gasteiger partial charge in [-0.15, -0.1) is 0 Å². The van der Waals surface area contributed by atoms with Crippen molar-refractivity contribution in [1.82, 2.24) is 9.80 Å². The number of carbonyl (C=O) groups is 1. The molecule has 1 amide bonds. The Morgan fingerprint density at radius 3 is 2.28 bits per heavy atom. The van der Waals surface area contributed by atoms with E-state index in [0.29, 0.717) is 17.7 Å². The molecule has 1 saturated heterocycles. The highest BCUT2D eigenvalue weighted by Crippen LogP contribution is 2.52. The van der Waals surface area contributed by atoms with Crippen molar-refractivity contribution >= 4 is 5.91 Å². The van der Waals surface area contributed by atoms with Gasteiger partial charge in [0.1, 0.15) is 0 Å². The van der Waals surface area contributed by atoms with E-state index in [1.165, 1.54) is 44.1 Å². The van der Waals surface area contributed by atoms with E-state index in [1.807, 2.05) is 0 Å². The minimum absolute atomic E-state index is 0.00108. The van der Waals surface area contributed by atoms with E-state index in [1.54, 1.807) is 7.11 Å². The Bertz CT molecular complexity index is 697. The monoisotopic (exact) mass is 398 g/mol. The zero-order valence-electron chi connectivity index (χ0n) is 18.6. The molecule has 0 aromatic heterocycles. The highest BCUT2D eigenvalue weighted by atomic mass is 16.5. The summed E-state index contributed by atoms with van der Waals surface area (Å²) in [7, 11) is 6.25. The van der Waals surface area contributed by atoms with Crippen LogP contribution in [0.4, 0.5) is 0 Å². The first-order valence-electron chi connectivity index (χ1n) is 11.5. The number of benzene rings is 1. The van der Waals surface area contributed by atoms with Crippen molar-refractivity contribution < 1.29 is 9.53 Å². The Hall–Kier alpha value is -1.39. The maximum atomic E-state index is 12.9. The second-order valence-electron chi connectivity index (χ2n) is 10.1. The van der Waals surface area contributed by atoms with Crippen molar-refractivity contribution in [2.75, 3.05) is 34.3 Å². The fourth-order valence-electron chi connectivity index (χ4n) is 6.11. The summed E-state index contributed by atoms with van der Waals surface area (Å²) in [5, 5.41) is 0. The molecule has 3 fully saturated rings. The van der Waals surface area contributed by atoms with Gasteiger partial charge in [-0.05, 0) is 82.9 Å². The van der Waals surface area contributed by atoms with E-state index < -0.39 is 0 Å². The summed E-state index contributed by atoms with van der Waals surface area (Å²) in [5.41, 5.74) is 1.91. The number of amides is 1. The topological polar surface area (TPSA) is 32.8 Å². The van der Waals surface area contributed by atoms with Gasteiger partial charge in [-0.2, -0.15) is 0 Å². The number of carbonyl (C=O) groups excluding carboxylic acids is 1. The summed E-state index contributed by atoms with van der Waals surface area (Å²) >= 11 is 0. The molecule has 1 spiro atoms. The quantitative estimate of drug-likeness (QED) is 0.703. The second-order valence-corrected chi connectivity index (χ2v) is 10.1. The predicted molar refractivity (Wildman–Crippen MR) is 117 cm³/mol. The first kappa shape index (κ1) is 20.9. The maximum Gasteiger partial charge on any atom is 0.222 e. The Labute approximate surface area is 176 Å². The molecule has 4 rings (SSSR count). The van der Waals surface area contributed by atoms with Crippen molar-refractivity contribution in [1.29, 1.82) is 0 Å². The average molecular weight is 399 g/mol. The molecule has 0 N–H and O–H groups in total. The highest BCUT2D eigenvalue weighted by Gasteiger charge is 2.48. The number of hydrogen-bond acceptors (Lipinski definition) is 3. The van der Waals surface area contributed by atoms with Crippen LogP contribution < -0.4 is 0 Å². The molecule has 1 heterocycles. The third-order valence-electron chi connectivity index (χ3n) is 8.59. The van der Waals surface area contributed by atoms with Crippen LogP contribution in [0, 0.1) is 5.41 Å². The molecule has 1 aliphatic heterocycles. The number of nitrogens with zero attached hydrogens (tertiary/aromatic N) is 2. The molecule has 2 aliphatic carbocycles. The molecular weight excluding hydrogens is 360 g/mol. The summed E-state index contributed by atoms with van der Waals surface area (Å²) < 4.78 is 5.71. The van der Waals surface area contributed by atoms with Crippen LogP contribution >= 0.6 is 0 Å². The Morgan fingerprint density at radius 1 is 1.03 bits per heavy atom. The third-order valence-corrected chi connectivity index (χ3v) is 8.59. The van der Waals surface area contributed by atoms with Crippen LogP contribution in [-0.4, -0.2) is 55.6 Å². The normalized spacial score (nSPS) is 31.2. The molecule has 0 bridgehead atoms. The number of methoxy groups -OCH3 is 1. The number of rotatable bonds is 6. The van der Waals surface area contributed by atoms with E-state index >= 15 is 0 Å². The number of hydrogen-bond donors (Lipinski definition) is 0. The van der Waals surface area contributed by atoms with Gasteiger partial charge in [-0.3, -0.25) is 9.69 Å². The standard InChI is InChI=1S/C25H38N2O2/c1-26(2)25(21-8-5-4-6-9-21)16-14-23(15-17-25)18-19-27(20-23)22(28)10-13-24(29-3)11-7-12-24/h4-6,8-9H,7,10-20H2,1-3H3. The van der Waals surface area contributed by atoms with Gasteiger partial charge in [0, 0.05) is 32.2 Å². The smallest absolute Gasteiger partial charge is 0.222 e. The lowest BCUT2D eigenvalue weighted by Crippen LogP contribution is -2.47. The van der Waals surface area contributed by atoms with Gasteiger partial charge in [0.2, 0.25) is 5.91 Å². The lowest BCUT2D eigenvalue weighted by molar-refractivity contribution is -0.134. The lowest BCUT2D eigenvalue weighted by atomic mass is 9.64. The summed E-state index contributed by atoms with van der Waals surface area (Å²) in [5.74, 6) is 0.345. The molecule has 1 aromatic carbocycles. The van der Waals surface area contributed by atoms with Crippen molar-refractivity contribution in [3.8, 4) is 0 Å². The molecule has 160 valence electrons. The Kier molecular flexibility index (Phi) is 5.78. The van der Waals surface area contributed by atoms with Gasteiger partial charge < -0.3 is 9.64 Å². The Morgan fingerprint density at radius 2 is 1.72 bits per heavy atom. The molecular formula is C25H38N2O2. The first-order chi connectivity index (χ1) is 13.9. The minimum Gasteiger partial charge on any atom is -0.378 e. The van der Waals surface area contributed by atoms with Crippen LogP contribution in [0.1, 0.15) is 69.8 Å². The maximum absolute atomic E-state index is 12.9. The van der Waals surface area contributed by atoms with Gasteiger partial charge in [0.15, 0.2) is 0 Å². The van der Waals surface area contributed by atoms with Gasteiger partial charge >= 0.3 is 0 Å². The molecule has 4 heteroatoms. The van der Waals surface area contributed by atoms with Gasteiger partial charge in [-0.1, -0.05) is 30.3 Å². The number of ether oxygens (including phenoxy) is 1. The van der Waals surface area contributed by atoms with Crippen molar-refractivity contribution in [3.63, 3.8) is 0 Å². The average Bonchev–Trinajstić information content (AvgIpc) is 3.12. The molecule has 0 unspecified atom stereocenters. The van der Waals surface area contributed by atoms with Gasteiger partial charge in [0.05, 0.1) is 5.60 Å². The number of likely N-dealkylation sites (tertiary alicyclic amines) is 1. The zero-order valence-corrected chi connectivity index (χ0v) is 18.6. The van der Waals surface area contributed by atoms with E-state index in [4.69, 9.17) is 4.74 Å². The molecule has 4 nitrogen and oxygen atoms in total. The van der Waals surface area contributed by atoms with Crippen LogP contribution in [0.2, 0.25) is 0 Å². The fourth-order valence-corrected chi connectivity index (χ4v) is 6.11. The van der Waals surface area contributed by atoms with E-state index in [0.717, 1.165) is 32.4 Å². The first-order valence-corrected chi connectivity index (χ1v) is 11.5. The highest BCUT2D eigenvalue weighted by molar-refractivity contribution is 5.76. The van der Waals surface area contributed by atoms with Crippen molar-refractivity contribution in [2.24, 2.45) is 5.41 Å². The zero-order chi connectivity index (χ0) is 20.5. The largest absolute Gasteiger partial charge is 0.378 e. The summed E-state index contributed by atoms with van der Waals surface area (Å²) in [6.07, 6.45) is 11.0. The van der Waals surface area contributed by atoms with Gasteiger partial charge in [-0.25, -0.2) is 0 Å². The molecule has 1 aromatic rings. The SMILES string of the molecule is COC1(CCC(=O)N2CCC3(CCC(c4ccccc4)(N(C)C)CC3)C2)CCC1. The van der Waals surface area contributed by atoms with Crippen LogP contribution in [0.15, 0.2) is 30.3 Å². The van der Waals surface area contributed by atoms with Gasteiger partial charge in [0.25, 0.3) is 0 Å². The van der Waals surface area contributed by atoms with Crippen molar-refractivity contribution in [2.45, 2.75) is 75.3 Å². The van der Waals surface area contributed by atoms with E-state index in [-0.39, 0.29) is 11.1 Å². The van der Waals surface area contributed by atoms with Crippen LogP contribution in [-0.2, 0) is 15.1 Å². The van der Waals surface area contributed by atoms with Crippen molar-refractivity contribution in [3.05, 3.63) is 35.9 Å². The van der Waals surface area contributed by atoms with Crippen LogP contribution in [0.5, 0.6) is 0 Å². The third kappa shape index (κ3) is 3.86. The molecule has 2 saturated carbocycles. The molecule has 3 aliphatic rings. The molecule has 0 radical (unpaired) electrons. The summed E-state index contributed by atoms with van der Waals surface area (Å²) in [6.45, 7) is 1.91. The summed E-state index contributed by atoms with van der Waals surface area (Å²) in [4.78, 5) is 17.5. The van der Waals surface area contributed by atoms with Crippen LogP contribution in [0.3, 0.4) is 0 Å². The van der Waals surface area contributed by atoms with E-state index in [9.17, 15) is 4.79 Å². The van der Waals surface area contributed by atoms with E-state index in [2.05, 4.69) is 54.2 Å². The predicted octanol–water partition coefficient (Wildman–Crippen LogP) is 4.59. The Balaban J connectivity index is 1.36.